The zero-order valence-corrected chi connectivity index (χ0v) is 16.6. The maximum absolute atomic E-state index is 14.3. The number of hydrogen-bond acceptors (Lipinski definition) is 6. The second-order valence-electron chi connectivity index (χ2n) is 6.17. The summed E-state index contributed by atoms with van der Waals surface area (Å²) in [6, 6.07) is 11.8. The van der Waals surface area contributed by atoms with E-state index in [9.17, 15) is 14.0 Å². The molecule has 0 bridgehead atoms. The Labute approximate surface area is 171 Å². The minimum Gasteiger partial charge on any atom is -0.497 e. The van der Waals surface area contributed by atoms with Gasteiger partial charge in [0.2, 0.25) is 5.91 Å². The molecule has 0 radical (unpaired) electrons. The zero-order valence-electron chi connectivity index (χ0n) is 16.6. The number of rotatable bonds is 7. The van der Waals surface area contributed by atoms with Gasteiger partial charge in [-0.1, -0.05) is 0 Å². The van der Waals surface area contributed by atoms with Crippen LogP contribution in [0.5, 0.6) is 17.2 Å². The van der Waals surface area contributed by atoms with Gasteiger partial charge in [-0.3, -0.25) is 9.59 Å². The molecule has 2 aromatic carbocycles. The number of ether oxygens (including phenoxy) is 3. The Bertz CT molecular complexity index is 1130. The SMILES string of the molecule is COc1ccc(-c2ccc(=O)n(CC(=O)Nc3ccc(OC)cc3OC)n2)c(F)c1. The second kappa shape index (κ2) is 9.08. The molecule has 0 aliphatic carbocycles. The van der Waals surface area contributed by atoms with Gasteiger partial charge in [-0.05, 0) is 30.3 Å². The molecule has 156 valence electrons. The monoisotopic (exact) mass is 413 g/mol. The Morgan fingerprint density at radius 3 is 2.37 bits per heavy atom. The van der Waals surface area contributed by atoms with Crippen LogP contribution in [0.15, 0.2) is 53.3 Å². The van der Waals surface area contributed by atoms with Gasteiger partial charge in [0.05, 0.1) is 32.7 Å². The lowest BCUT2D eigenvalue weighted by atomic mass is 10.1. The Hall–Kier alpha value is -3.88. The molecule has 1 N–H and O–H groups in total. The average molecular weight is 413 g/mol. The van der Waals surface area contributed by atoms with Crippen LogP contribution in [0.3, 0.4) is 0 Å². The normalized spacial score (nSPS) is 10.4. The summed E-state index contributed by atoms with van der Waals surface area (Å²) >= 11 is 0. The summed E-state index contributed by atoms with van der Waals surface area (Å²) in [6.45, 7) is -0.361. The number of methoxy groups -OCH3 is 3. The summed E-state index contributed by atoms with van der Waals surface area (Å²) in [5, 5.41) is 6.79. The number of nitrogens with zero attached hydrogens (tertiary/aromatic N) is 2. The van der Waals surface area contributed by atoms with E-state index in [0.29, 0.717) is 22.9 Å². The van der Waals surface area contributed by atoms with Gasteiger partial charge in [-0.2, -0.15) is 5.10 Å². The summed E-state index contributed by atoms with van der Waals surface area (Å²) in [6.07, 6.45) is 0. The van der Waals surface area contributed by atoms with Crippen molar-refractivity contribution in [3.8, 4) is 28.5 Å². The van der Waals surface area contributed by atoms with Gasteiger partial charge < -0.3 is 19.5 Å². The van der Waals surface area contributed by atoms with Crippen molar-refractivity contribution in [1.29, 1.82) is 0 Å². The van der Waals surface area contributed by atoms with Crippen LogP contribution < -0.4 is 25.1 Å². The molecule has 1 aromatic heterocycles. The van der Waals surface area contributed by atoms with Gasteiger partial charge in [0.1, 0.15) is 29.6 Å². The van der Waals surface area contributed by atoms with Crippen molar-refractivity contribution in [2.24, 2.45) is 0 Å². The highest BCUT2D eigenvalue weighted by Gasteiger charge is 2.13. The van der Waals surface area contributed by atoms with Crippen LogP contribution in [0, 0.1) is 5.82 Å². The first-order valence-electron chi connectivity index (χ1n) is 8.89. The van der Waals surface area contributed by atoms with Gasteiger partial charge >= 0.3 is 0 Å². The largest absolute Gasteiger partial charge is 0.497 e. The molecule has 1 amide bonds. The van der Waals surface area contributed by atoms with Gasteiger partial charge in [-0.15, -0.1) is 0 Å². The Balaban J connectivity index is 1.83. The van der Waals surface area contributed by atoms with Gasteiger partial charge in [0, 0.05) is 23.8 Å². The van der Waals surface area contributed by atoms with Crippen LogP contribution in [0.1, 0.15) is 0 Å². The predicted molar refractivity (Wildman–Crippen MR) is 109 cm³/mol. The molecule has 9 heteroatoms. The molecule has 1 heterocycles. The van der Waals surface area contributed by atoms with Crippen LogP contribution in [0.25, 0.3) is 11.3 Å². The molecular weight excluding hydrogens is 393 g/mol. The fourth-order valence-electron chi connectivity index (χ4n) is 2.76. The molecule has 0 atom stereocenters. The minimum atomic E-state index is -0.556. The lowest BCUT2D eigenvalue weighted by molar-refractivity contribution is -0.117. The Kier molecular flexibility index (Phi) is 6.31. The number of hydrogen-bond donors (Lipinski definition) is 1. The third kappa shape index (κ3) is 4.57. The highest BCUT2D eigenvalue weighted by Crippen LogP contribution is 2.29. The third-order valence-corrected chi connectivity index (χ3v) is 4.29. The summed E-state index contributed by atoms with van der Waals surface area (Å²) in [4.78, 5) is 24.6. The second-order valence-corrected chi connectivity index (χ2v) is 6.17. The number of carbonyl (C=O) groups is 1. The molecule has 0 saturated heterocycles. The maximum atomic E-state index is 14.3. The number of carbonyl (C=O) groups excluding carboxylic acids is 1. The lowest BCUT2D eigenvalue weighted by Crippen LogP contribution is -2.29. The van der Waals surface area contributed by atoms with Gasteiger partial charge in [0.15, 0.2) is 0 Å². The maximum Gasteiger partial charge on any atom is 0.267 e. The van der Waals surface area contributed by atoms with Crippen molar-refractivity contribution in [3.05, 3.63) is 64.7 Å². The molecular formula is C21H20FN3O5. The van der Waals surface area contributed by atoms with Crippen LogP contribution in [0.2, 0.25) is 0 Å². The summed E-state index contributed by atoms with van der Waals surface area (Å²) < 4.78 is 30.6. The van der Waals surface area contributed by atoms with Crippen LogP contribution in [0.4, 0.5) is 10.1 Å². The van der Waals surface area contributed by atoms with E-state index in [-0.39, 0.29) is 17.8 Å². The number of amides is 1. The molecule has 0 aliphatic rings. The van der Waals surface area contributed by atoms with Crippen molar-refractivity contribution < 1.29 is 23.4 Å². The van der Waals surface area contributed by atoms with Crippen molar-refractivity contribution in [1.82, 2.24) is 9.78 Å². The fraction of sp³-hybridized carbons (Fsp3) is 0.190. The summed E-state index contributed by atoms with van der Waals surface area (Å²) in [5.74, 6) is 0.270. The third-order valence-electron chi connectivity index (χ3n) is 4.29. The first-order valence-corrected chi connectivity index (χ1v) is 8.89. The topological polar surface area (TPSA) is 91.7 Å². The van der Waals surface area contributed by atoms with E-state index in [2.05, 4.69) is 10.4 Å². The van der Waals surface area contributed by atoms with E-state index in [1.54, 1.807) is 24.3 Å². The summed E-state index contributed by atoms with van der Waals surface area (Å²) in [5.41, 5.74) is 0.310. The van der Waals surface area contributed by atoms with Gasteiger partial charge in [-0.25, -0.2) is 9.07 Å². The Morgan fingerprint density at radius 2 is 1.70 bits per heavy atom. The number of halogens is 1. The minimum absolute atomic E-state index is 0.182. The van der Waals surface area contributed by atoms with Gasteiger partial charge in [0.25, 0.3) is 5.56 Å². The van der Waals surface area contributed by atoms with Crippen molar-refractivity contribution in [3.63, 3.8) is 0 Å². The molecule has 30 heavy (non-hydrogen) atoms. The number of aromatic nitrogens is 2. The highest BCUT2D eigenvalue weighted by atomic mass is 19.1. The van der Waals surface area contributed by atoms with Crippen LogP contribution in [-0.4, -0.2) is 37.0 Å². The summed E-state index contributed by atoms with van der Waals surface area (Å²) in [7, 11) is 4.41. The molecule has 0 fully saturated rings. The van der Waals surface area contributed by atoms with E-state index in [0.717, 1.165) is 4.68 Å². The molecule has 8 nitrogen and oxygen atoms in total. The molecule has 0 saturated carbocycles. The Morgan fingerprint density at radius 1 is 1.00 bits per heavy atom. The standard InChI is InChI=1S/C21H20FN3O5/c1-28-13-4-6-15(16(22)10-13)17-8-9-21(27)25(24-17)12-20(26)23-18-7-5-14(29-2)11-19(18)30-3/h4-11H,12H2,1-3H3,(H,23,26). The predicted octanol–water partition coefficient (Wildman–Crippen LogP) is 2.71. The quantitative estimate of drug-likeness (QED) is 0.640. The van der Waals surface area contributed by atoms with Crippen LogP contribution >= 0.6 is 0 Å². The number of anilines is 1. The van der Waals surface area contributed by atoms with E-state index >= 15 is 0 Å². The first kappa shape index (κ1) is 20.8. The molecule has 3 rings (SSSR count). The molecule has 0 aliphatic heterocycles. The average Bonchev–Trinajstić information content (AvgIpc) is 2.75. The highest BCUT2D eigenvalue weighted by molar-refractivity contribution is 5.92. The fourth-order valence-corrected chi connectivity index (χ4v) is 2.76. The number of benzene rings is 2. The molecule has 3 aromatic rings. The van der Waals surface area contributed by atoms with E-state index in [1.807, 2.05) is 0 Å². The first-order chi connectivity index (χ1) is 14.4. The van der Waals surface area contributed by atoms with Crippen LogP contribution in [-0.2, 0) is 11.3 Å². The molecule has 0 unspecified atom stereocenters. The zero-order chi connectivity index (χ0) is 21.7. The lowest BCUT2D eigenvalue weighted by Gasteiger charge is -2.12. The van der Waals surface area contributed by atoms with Crippen molar-refractivity contribution in [2.45, 2.75) is 6.54 Å². The van der Waals surface area contributed by atoms with E-state index < -0.39 is 17.3 Å². The molecule has 0 spiro atoms. The number of nitrogens with one attached hydrogen (secondary N) is 1. The smallest absolute Gasteiger partial charge is 0.267 e. The van der Waals surface area contributed by atoms with Crippen molar-refractivity contribution >= 4 is 11.6 Å². The van der Waals surface area contributed by atoms with Crippen molar-refractivity contribution in [2.75, 3.05) is 26.6 Å². The van der Waals surface area contributed by atoms with E-state index in [4.69, 9.17) is 14.2 Å². The van der Waals surface area contributed by atoms with E-state index in [1.165, 1.54) is 45.6 Å².